The second kappa shape index (κ2) is 8.18. The number of carbonyl (C=O) groups excluding carboxylic acids is 2. The zero-order valence-corrected chi connectivity index (χ0v) is 14.8. The number of hydrogen-bond acceptors (Lipinski definition) is 4. The van der Waals surface area contributed by atoms with Gasteiger partial charge in [0.05, 0.1) is 12.3 Å². The fourth-order valence-corrected chi connectivity index (χ4v) is 3.32. The number of amides is 2. The van der Waals surface area contributed by atoms with Crippen molar-refractivity contribution < 1.29 is 14.3 Å². The van der Waals surface area contributed by atoms with E-state index in [4.69, 9.17) is 4.74 Å². The first-order valence-electron chi connectivity index (χ1n) is 8.04. The van der Waals surface area contributed by atoms with Crippen molar-refractivity contribution in [2.75, 3.05) is 24.8 Å². The molecule has 0 unspecified atom stereocenters. The number of morpholine rings is 1. The van der Waals surface area contributed by atoms with Crippen molar-refractivity contribution in [3.05, 3.63) is 60.2 Å². The van der Waals surface area contributed by atoms with Gasteiger partial charge in [0.1, 0.15) is 12.6 Å². The van der Waals surface area contributed by atoms with Crippen LogP contribution in [0.15, 0.2) is 59.5 Å². The number of anilines is 1. The van der Waals surface area contributed by atoms with E-state index in [1.807, 2.05) is 60.9 Å². The van der Waals surface area contributed by atoms with Crippen molar-refractivity contribution in [2.45, 2.75) is 17.5 Å². The van der Waals surface area contributed by atoms with E-state index >= 15 is 0 Å². The Balaban J connectivity index is 1.77. The van der Waals surface area contributed by atoms with Crippen LogP contribution >= 0.6 is 11.8 Å². The van der Waals surface area contributed by atoms with E-state index in [9.17, 15) is 9.59 Å². The van der Waals surface area contributed by atoms with Gasteiger partial charge in [-0.15, -0.1) is 11.8 Å². The van der Waals surface area contributed by atoms with E-state index in [0.717, 1.165) is 16.1 Å². The average Bonchev–Trinajstić information content (AvgIpc) is 2.64. The molecule has 1 fully saturated rings. The number of hydrogen-bond donors (Lipinski definition) is 1. The highest BCUT2D eigenvalue weighted by atomic mass is 32.2. The second-order valence-corrected chi connectivity index (χ2v) is 6.58. The molecule has 1 saturated heterocycles. The molecule has 0 spiro atoms. The Labute approximate surface area is 151 Å². The van der Waals surface area contributed by atoms with Crippen LogP contribution in [0.5, 0.6) is 0 Å². The molecule has 2 aromatic carbocycles. The molecule has 1 heterocycles. The lowest BCUT2D eigenvalue weighted by molar-refractivity contribution is -0.154. The summed E-state index contributed by atoms with van der Waals surface area (Å²) < 4.78 is 5.32. The van der Waals surface area contributed by atoms with Gasteiger partial charge in [-0.25, -0.2) is 0 Å². The number of ether oxygens (including phenoxy) is 1. The lowest BCUT2D eigenvalue weighted by atomic mass is 10.1. The molecule has 25 heavy (non-hydrogen) atoms. The summed E-state index contributed by atoms with van der Waals surface area (Å²) in [4.78, 5) is 27.7. The lowest BCUT2D eigenvalue weighted by Gasteiger charge is -2.34. The Morgan fingerprint density at radius 1 is 1.20 bits per heavy atom. The minimum atomic E-state index is -0.642. The van der Waals surface area contributed by atoms with Crippen LogP contribution in [0.4, 0.5) is 5.69 Å². The van der Waals surface area contributed by atoms with E-state index in [-0.39, 0.29) is 25.0 Å². The van der Waals surface area contributed by atoms with Gasteiger partial charge in [-0.2, -0.15) is 0 Å². The van der Waals surface area contributed by atoms with Crippen LogP contribution in [0.25, 0.3) is 0 Å². The van der Waals surface area contributed by atoms with Crippen molar-refractivity contribution in [2.24, 2.45) is 0 Å². The van der Waals surface area contributed by atoms with Crippen LogP contribution in [0.2, 0.25) is 0 Å². The summed E-state index contributed by atoms with van der Waals surface area (Å²) in [6.45, 7) is 0.606. The van der Waals surface area contributed by atoms with Crippen LogP contribution in [-0.4, -0.2) is 42.2 Å². The summed E-state index contributed by atoms with van der Waals surface area (Å²) in [7, 11) is 0. The third-order valence-corrected chi connectivity index (χ3v) is 4.86. The molecule has 0 bridgehead atoms. The largest absolute Gasteiger partial charge is 0.369 e. The third-order valence-electron chi connectivity index (χ3n) is 4.06. The number of nitrogens with one attached hydrogen (secondary N) is 1. The Bertz CT molecular complexity index is 751. The summed E-state index contributed by atoms with van der Waals surface area (Å²) in [6, 6.07) is 16.6. The van der Waals surface area contributed by atoms with Crippen LogP contribution in [0, 0.1) is 0 Å². The van der Waals surface area contributed by atoms with Gasteiger partial charge in [-0.1, -0.05) is 42.5 Å². The number of carbonyl (C=O) groups is 2. The highest BCUT2D eigenvalue weighted by Gasteiger charge is 2.34. The first-order chi connectivity index (χ1) is 12.2. The fourth-order valence-electron chi connectivity index (χ4n) is 2.76. The average molecular weight is 356 g/mol. The molecule has 1 aliphatic heterocycles. The maximum atomic E-state index is 12.8. The predicted octanol–water partition coefficient (Wildman–Crippen LogP) is 2.77. The molecule has 2 aromatic rings. The zero-order chi connectivity index (χ0) is 17.6. The Hall–Kier alpha value is -2.31. The van der Waals surface area contributed by atoms with Gasteiger partial charge in [-0.3, -0.25) is 9.59 Å². The van der Waals surface area contributed by atoms with Gasteiger partial charge in [0.15, 0.2) is 0 Å². The quantitative estimate of drug-likeness (QED) is 0.837. The molecule has 0 aromatic heterocycles. The van der Waals surface area contributed by atoms with Crippen molar-refractivity contribution in [3.8, 4) is 0 Å². The normalized spacial score (nSPS) is 17.4. The number of nitrogens with zero attached hydrogens (tertiary/aromatic N) is 1. The first-order valence-corrected chi connectivity index (χ1v) is 9.26. The smallest absolute Gasteiger partial charge is 0.249 e. The van der Waals surface area contributed by atoms with E-state index in [1.165, 1.54) is 0 Å². The van der Waals surface area contributed by atoms with Crippen molar-refractivity contribution in [1.82, 2.24) is 4.90 Å². The van der Waals surface area contributed by atoms with Gasteiger partial charge in [0.25, 0.3) is 0 Å². The van der Waals surface area contributed by atoms with Gasteiger partial charge < -0.3 is 15.0 Å². The SMILES string of the molecule is CSc1ccccc1NC(=O)[C@H]1COCC(=O)N1Cc1ccccc1. The Morgan fingerprint density at radius 2 is 1.92 bits per heavy atom. The molecule has 1 N–H and O–H groups in total. The molecule has 3 rings (SSSR count). The maximum Gasteiger partial charge on any atom is 0.249 e. The van der Waals surface area contributed by atoms with E-state index in [0.29, 0.717) is 6.54 Å². The molecule has 130 valence electrons. The van der Waals surface area contributed by atoms with E-state index < -0.39 is 6.04 Å². The minimum absolute atomic E-state index is 0.0119. The van der Waals surface area contributed by atoms with Gasteiger partial charge in [0, 0.05) is 11.4 Å². The molecule has 5 nitrogen and oxygen atoms in total. The highest BCUT2D eigenvalue weighted by molar-refractivity contribution is 7.98. The molecular weight excluding hydrogens is 336 g/mol. The molecule has 2 amide bonds. The lowest BCUT2D eigenvalue weighted by Crippen LogP contribution is -2.54. The topological polar surface area (TPSA) is 58.6 Å². The third kappa shape index (κ3) is 4.21. The summed E-state index contributed by atoms with van der Waals surface area (Å²) >= 11 is 1.56. The fraction of sp³-hybridized carbons (Fsp3) is 0.263. The summed E-state index contributed by atoms with van der Waals surface area (Å²) in [5.41, 5.74) is 1.73. The summed E-state index contributed by atoms with van der Waals surface area (Å²) in [5.74, 6) is -0.404. The van der Waals surface area contributed by atoms with Gasteiger partial charge >= 0.3 is 0 Å². The number of thioether (sulfide) groups is 1. The predicted molar refractivity (Wildman–Crippen MR) is 98.5 cm³/mol. The number of rotatable bonds is 5. The molecule has 1 atom stereocenters. The molecule has 0 aliphatic carbocycles. The van der Waals surface area contributed by atoms with Crippen molar-refractivity contribution in [3.63, 3.8) is 0 Å². The minimum Gasteiger partial charge on any atom is -0.369 e. The van der Waals surface area contributed by atoms with Gasteiger partial charge in [0.2, 0.25) is 11.8 Å². The zero-order valence-electron chi connectivity index (χ0n) is 14.0. The van der Waals surface area contributed by atoms with E-state index in [2.05, 4.69) is 5.32 Å². The number of para-hydroxylation sites is 1. The highest BCUT2D eigenvalue weighted by Crippen LogP contribution is 2.25. The van der Waals surface area contributed by atoms with Gasteiger partial charge in [-0.05, 0) is 24.0 Å². The molecular formula is C19H20N2O3S. The standard InChI is InChI=1S/C19H20N2O3S/c1-25-17-10-6-5-9-15(17)20-19(23)16-12-24-13-18(22)21(16)11-14-7-3-2-4-8-14/h2-10,16H,11-13H2,1H3,(H,20,23)/t16-/m1/s1. The monoisotopic (exact) mass is 356 g/mol. The Kier molecular flexibility index (Phi) is 5.73. The van der Waals surface area contributed by atoms with Crippen molar-refractivity contribution in [1.29, 1.82) is 0 Å². The molecule has 0 radical (unpaired) electrons. The second-order valence-electron chi connectivity index (χ2n) is 5.73. The van der Waals surface area contributed by atoms with Crippen LogP contribution in [0.1, 0.15) is 5.56 Å². The Morgan fingerprint density at radius 3 is 2.68 bits per heavy atom. The summed E-state index contributed by atoms with van der Waals surface area (Å²) in [5, 5.41) is 2.93. The van der Waals surface area contributed by atoms with Crippen LogP contribution in [-0.2, 0) is 20.9 Å². The molecule has 0 saturated carbocycles. The first kappa shape index (κ1) is 17.5. The molecule has 1 aliphatic rings. The molecule has 6 heteroatoms. The van der Waals surface area contributed by atoms with Crippen molar-refractivity contribution >= 4 is 29.3 Å². The number of benzene rings is 2. The summed E-state index contributed by atoms with van der Waals surface area (Å²) in [6.07, 6.45) is 1.96. The van der Waals surface area contributed by atoms with Crippen LogP contribution < -0.4 is 5.32 Å². The maximum absolute atomic E-state index is 12.8. The van der Waals surface area contributed by atoms with E-state index in [1.54, 1.807) is 16.7 Å². The van der Waals surface area contributed by atoms with Crippen LogP contribution in [0.3, 0.4) is 0 Å².